The molecule has 0 amide bonds. The van der Waals surface area contributed by atoms with Crippen molar-refractivity contribution in [1.29, 1.82) is 0 Å². The number of nitrogens with zero attached hydrogens (tertiary/aromatic N) is 2. The summed E-state index contributed by atoms with van der Waals surface area (Å²) in [6, 6.07) is 5.12. The highest BCUT2D eigenvalue weighted by molar-refractivity contribution is 7.92. The van der Waals surface area contributed by atoms with Crippen molar-refractivity contribution in [3.05, 3.63) is 37.1 Å². The minimum Gasteiger partial charge on any atom is -0.250 e. The summed E-state index contributed by atoms with van der Waals surface area (Å²) >= 11 is 0. The molecule has 1 aromatic heterocycles. The van der Waals surface area contributed by atoms with Crippen LogP contribution < -0.4 is 4.31 Å². The Morgan fingerprint density at radius 1 is 1.57 bits per heavy atom. The van der Waals surface area contributed by atoms with E-state index in [1.54, 1.807) is 24.4 Å². The quantitative estimate of drug-likeness (QED) is 0.700. The van der Waals surface area contributed by atoms with Crippen LogP contribution in [0.1, 0.15) is 0 Å². The van der Waals surface area contributed by atoms with Gasteiger partial charge in [-0.05, 0) is 12.1 Å². The first kappa shape index (κ1) is 10.7. The summed E-state index contributed by atoms with van der Waals surface area (Å²) in [5.41, 5.74) is 0. The van der Waals surface area contributed by atoms with Gasteiger partial charge in [-0.2, -0.15) is 0 Å². The van der Waals surface area contributed by atoms with E-state index in [1.807, 2.05) is 0 Å². The van der Waals surface area contributed by atoms with Gasteiger partial charge in [0.1, 0.15) is 5.82 Å². The fourth-order valence-corrected chi connectivity index (χ4v) is 1.84. The van der Waals surface area contributed by atoms with Crippen LogP contribution in [0, 0.1) is 0 Å². The zero-order valence-corrected chi connectivity index (χ0v) is 8.74. The minimum absolute atomic E-state index is 0.232. The van der Waals surface area contributed by atoms with E-state index in [4.69, 9.17) is 0 Å². The van der Waals surface area contributed by atoms with Crippen LogP contribution in [0.15, 0.2) is 37.1 Å². The highest BCUT2D eigenvalue weighted by atomic mass is 32.2. The highest BCUT2D eigenvalue weighted by Gasteiger charge is 2.15. The van der Waals surface area contributed by atoms with E-state index in [0.29, 0.717) is 5.82 Å². The molecule has 0 N–H and O–H groups in total. The monoisotopic (exact) mass is 212 g/mol. The Hall–Kier alpha value is -1.36. The van der Waals surface area contributed by atoms with Gasteiger partial charge in [-0.1, -0.05) is 12.1 Å². The molecule has 0 aliphatic rings. The molecule has 0 radical (unpaired) electrons. The molecule has 0 bridgehead atoms. The van der Waals surface area contributed by atoms with Crippen LogP contribution in [0.2, 0.25) is 0 Å². The molecule has 14 heavy (non-hydrogen) atoms. The van der Waals surface area contributed by atoms with Crippen LogP contribution in [0.5, 0.6) is 0 Å². The molecule has 4 nitrogen and oxygen atoms in total. The van der Waals surface area contributed by atoms with Gasteiger partial charge in [0.2, 0.25) is 10.0 Å². The Bertz CT molecular complexity index is 400. The Labute approximate surface area is 83.9 Å². The molecule has 1 rings (SSSR count). The first-order valence-corrected chi connectivity index (χ1v) is 5.90. The predicted molar refractivity (Wildman–Crippen MR) is 56.6 cm³/mol. The molecule has 5 heteroatoms. The first-order chi connectivity index (χ1) is 6.55. The van der Waals surface area contributed by atoms with Gasteiger partial charge in [0.25, 0.3) is 0 Å². The summed E-state index contributed by atoms with van der Waals surface area (Å²) < 4.78 is 23.9. The van der Waals surface area contributed by atoms with Gasteiger partial charge in [0.15, 0.2) is 0 Å². The fourth-order valence-electron chi connectivity index (χ4n) is 1.02. The number of sulfonamides is 1. The van der Waals surface area contributed by atoms with Gasteiger partial charge in [-0.3, -0.25) is 4.31 Å². The molecule has 0 saturated heterocycles. The van der Waals surface area contributed by atoms with Gasteiger partial charge >= 0.3 is 0 Å². The molecule has 1 heterocycles. The van der Waals surface area contributed by atoms with E-state index < -0.39 is 10.0 Å². The normalized spacial score (nSPS) is 10.9. The van der Waals surface area contributed by atoms with Crippen molar-refractivity contribution in [2.24, 2.45) is 0 Å². The third kappa shape index (κ3) is 2.56. The van der Waals surface area contributed by atoms with Crippen LogP contribution in [-0.4, -0.2) is 26.2 Å². The van der Waals surface area contributed by atoms with E-state index in [9.17, 15) is 8.42 Å². The first-order valence-electron chi connectivity index (χ1n) is 4.05. The van der Waals surface area contributed by atoms with Crippen molar-refractivity contribution in [2.45, 2.75) is 0 Å². The van der Waals surface area contributed by atoms with Crippen LogP contribution in [0.3, 0.4) is 0 Å². The number of aromatic nitrogens is 1. The second-order valence-electron chi connectivity index (χ2n) is 2.77. The van der Waals surface area contributed by atoms with E-state index in [1.165, 1.54) is 10.4 Å². The van der Waals surface area contributed by atoms with Crippen molar-refractivity contribution in [1.82, 2.24) is 4.98 Å². The number of hydrogen-bond acceptors (Lipinski definition) is 3. The smallest absolute Gasteiger partial charge is 0.233 e. The van der Waals surface area contributed by atoms with Gasteiger partial charge in [0.05, 0.1) is 12.8 Å². The van der Waals surface area contributed by atoms with Crippen LogP contribution in [-0.2, 0) is 10.0 Å². The number of anilines is 1. The zero-order valence-electron chi connectivity index (χ0n) is 7.92. The van der Waals surface area contributed by atoms with E-state index in [0.717, 1.165) is 6.26 Å². The van der Waals surface area contributed by atoms with Gasteiger partial charge in [0, 0.05) is 6.20 Å². The summed E-state index contributed by atoms with van der Waals surface area (Å²) in [5.74, 6) is 0.412. The largest absolute Gasteiger partial charge is 0.250 e. The van der Waals surface area contributed by atoms with E-state index >= 15 is 0 Å². The summed E-state index contributed by atoms with van der Waals surface area (Å²) in [6.07, 6.45) is 4.22. The molecule has 76 valence electrons. The van der Waals surface area contributed by atoms with E-state index in [2.05, 4.69) is 11.6 Å². The third-order valence-electron chi connectivity index (χ3n) is 1.60. The lowest BCUT2D eigenvalue weighted by Crippen LogP contribution is -2.30. The van der Waals surface area contributed by atoms with E-state index in [-0.39, 0.29) is 6.54 Å². The lowest BCUT2D eigenvalue weighted by atomic mass is 10.4. The average molecular weight is 212 g/mol. The number of pyridine rings is 1. The zero-order chi connectivity index (χ0) is 10.6. The molecular formula is C9H12N2O2S. The average Bonchev–Trinajstić information content (AvgIpc) is 2.14. The van der Waals surface area contributed by atoms with Crippen molar-refractivity contribution in [3.63, 3.8) is 0 Å². The SMILES string of the molecule is C=CCN(c1ccccn1)S(C)(=O)=O. The van der Waals surface area contributed by atoms with Crippen LogP contribution in [0.4, 0.5) is 5.82 Å². The number of rotatable bonds is 4. The minimum atomic E-state index is -3.28. The summed E-state index contributed by atoms with van der Waals surface area (Å²) in [5, 5.41) is 0. The van der Waals surface area contributed by atoms with Gasteiger partial charge in [-0.15, -0.1) is 6.58 Å². The Morgan fingerprint density at radius 3 is 2.71 bits per heavy atom. The third-order valence-corrected chi connectivity index (χ3v) is 2.74. The molecule has 0 spiro atoms. The lowest BCUT2D eigenvalue weighted by Gasteiger charge is -2.18. The van der Waals surface area contributed by atoms with Gasteiger partial charge < -0.3 is 0 Å². The van der Waals surface area contributed by atoms with Crippen molar-refractivity contribution >= 4 is 15.8 Å². The second-order valence-corrected chi connectivity index (χ2v) is 4.68. The summed E-state index contributed by atoms with van der Waals surface area (Å²) in [4.78, 5) is 3.96. The predicted octanol–water partition coefficient (Wildman–Crippen LogP) is 1.03. The topological polar surface area (TPSA) is 50.3 Å². The highest BCUT2D eigenvalue weighted by Crippen LogP contribution is 2.12. The Kier molecular flexibility index (Phi) is 3.24. The van der Waals surface area contributed by atoms with Gasteiger partial charge in [-0.25, -0.2) is 13.4 Å². The molecule has 1 aromatic rings. The Morgan fingerprint density at radius 2 is 2.29 bits per heavy atom. The summed E-state index contributed by atoms with van der Waals surface area (Å²) in [6.45, 7) is 3.74. The molecular weight excluding hydrogens is 200 g/mol. The van der Waals surface area contributed by atoms with Crippen molar-refractivity contribution < 1.29 is 8.42 Å². The molecule has 0 aromatic carbocycles. The summed E-state index contributed by atoms with van der Waals surface area (Å²) in [7, 11) is -3.28. The van der Waals surface area contributed by atoms with Crippen molar-refractivity contribution in [2.75, 3.05) is 17.1 Å². The fraction of sp³-hybridized carbons (Fsp3) is 0.222. The molecule has 0 fully saturated rings. The lowest BCUT2D eigenvalue weighted by molar-refractivity contribution is 0.598. The molecule has 0 unspecified atom stereocenters. The maximum absolute atomic E-state index is 11.4. The van der Waals surface area contributed by atoms with Crippen LogP contribution in [0.25, 0.3) is 0 Å². The number of hydrogen-bond donors (Lipinski definition) is 0. The molecule has 0 aliphatic heterocycles. The van der Waals surface area contributed by atoms with Crippen molar-refractivity contribution in [3.8, 4) is 0 Å². The maximum Gasteiger partial charge on any atom is 0.233 e. The molecule has 0 saturated carbocycles. The second kappa shape index (κ2) is 4.23. The Balaban J connectivity index is 3.07. The maximum atomic E-state index is 11.4. The van der Waals surface area contributed by atoms with Crippen LogP contribution >= 0.6 is 0 Å². The standard InChI is InChI=1S/C9H12N2O2S/c1-3-8-11(14(2,12)13)9-6-4-5-7-10-9/h3-7H,1,8H2,2H3. The molecule has 0 aliphatic carbocycles. The molecule has 0 atom stereocenters.